The van der Waals surface area contributed by atoms with Crippen LogP contribution in [0.25, 0.3) is 0 Å². The van der Waals surface area contributed by atoms with Crippen LogP contribution in [0.1, 0.15) is 26.6 Å². The topological polar surface area (TPSA) is 59.8 Å². The van der Waals surface area contributed by atoms with Gasteiger partial charge in [-0.15, -0.1) is 0 Å². The SMILES string of the molecule is CC(C)Cn1ncnc1CNCC(C)S(C)=O. The third-order valence-corrected chi connectivity index (χ3v) is 3.82. The first kappa shape index (κ1) is 14.3. The minimum atomic E-state index is -0.778. The Morgan fingerprint density at radius 2 is 2.18 bits per heavy atom. The molecule has 0 aromatic carbocycles. The van der Waals surface area contributed by atoms with E-state index >= 15 is 0 Å². The van der Waals surface area contributed by atoms with Gasteiger partial charge in [0.25, 0.3) is 0 Å². The molecule has 1 N–H and O–H groups in total. The summed E-state index contributed by atoms with van der Waals surface area (Å²) in [6, 6.07) is 0. The van der Waals surface area contributed by atoms with E-state index in [1.807, 2.05) is 11.6 Å². The van der Waals surface area contributed by atoms with Gasteiger partial charge in [-0.1, -0.05) is 13.8 Å². The predicted octanol–water partition coefficient (Wildman–Crippen LogP) is 0.791. The van der Waals surface area contributed by atoms with Gasteiger partial charge in [-0.25, -0.2) is 9.67 Å². The summed E-state index contributed by atoms with van der Waals surface area (Å²) >= 11 is 0. The fraction of sp³-hybridized carbons (Fsp3) is 0.818. The van der Waals surface area contributed by atoms with Gasteiger partial charge in [0.15, 0.2) is 0 Å². The van der Waals surface area contributed by atoms with Crippen molar-refractivity contribution in [2.24, 2.45) is 5.92 Å². The lowest BCUT2D eigenvalue weighted by Gasteiger charge is -2.11. The van der Waals surface area contributed by atoms with E-state index < -0.39 is 10.8 Å². The molecule has 0 saturated heterocycles. The molecule has 0 aliphatic rings. The van der Waals surface area contributed by atoms with Crippen molar-refractivity contribution < 1.29 is 4.21 Å². The van der Waals surface area contributed by atoms with Crippen LogP contribution in [-0.4, -0.2) is 37.0 Å². The molecule has 1 aromatic rings. The highest BCUT2D eigenvalue weighted by Crippen LogP contribution is 2.01. The van der Waals surface area contributed by atoms with Crippen LogP contribution in [-0.2, 0) is 23.9 Å². The van der Waals surface area contributed by atoms with Crippen molar-refractivity contribution in [1.82, 2.24) is 20.1 Å². The molecule has 1 aromatic heterocycles. The molecule has 2 atom stereocenters. The van der Waals surface area contributed by atoms with Crippen LogP contribution in [0.3, 0.4) is 0 Å². The Kier molecular flexibility index (Phi) is 5.77. The highest BCUT2D eigenvalue weighted by molar-refractivity contribution is 7.84. The van der Waals surface area contributed by atoms with E-state index in [-0.39, 0.29) is 5.25 Å². The van der Waals surface area contributed by atoms with Crippen molar-refractivity contribution in [3.8, 4) is 0 Å². The van der Waals surface area contributed by atoms with Crippen molar-refractivity contribution in [3.63, 3.8) is 0 Å². The predicted molar refractivity (Wildman–Crippen MR) is 70.1 cm³/mol. The first-order valence-corrected chi connectivity index (χ1v) is 7.52. The Morgan fingerprint density at radius 3 is 2.76 bits per heavy atom. The summed E-state index contributed by atoms with van der Waals surface area (Å²) in [5.74, 6) is 1.49. The quantitative estimate of drug-likeness (QED) is 0.785. The van der Waals surface area contributed by atoms with Crippen LogP contribution in [0.5, 0.6) is 0 Å². The van der Waals surface area contributed by atoms with E-state index in [0.29, 0.717) is 12.5 Å². The van der Waals surface area contributed by atoms with E-state index in [9.17, 15) is 4.21 Å². The van der Waals surface area contributed by atoms with Gasteiger partial charge in [0.1, 0.15) is 12.2 Å². The largest absolute Gasteiger partial charge is 0.309 e. The van der Waals surface area contributed by atoms with E-state index in [4.69, 9.17) is 0 Å². The van der Waals surface area contributed by atoms with E-state index in [1.54, 1.807) is 12.6 Å². The van der Waals surface area contributed by atoms with E-state index in [2.05, 4.69) is 29.2 Å². The van der Waals surface area contributed by atoms with E-state index in [1.165, 1.54) is 0 Å². The number of hydrogen-bond donors (Lipinski definition) is 1. The zero-order valence-electron chi connectivity index (χ0n) is 11.0. The fourth-order valence-corrected chi connectivity index (χ4v) is 1.78. The lowest BCUT2D eigenvalue weighted by molar-refractivity contribution is 0.458. The molecule has 0 saturated carbocycles. The Balaban J connectivity index is 2.41. The second-order valence-electron chi connectivity index (χ2n) is 4.69. The molecule has 0 spiro atoms. The summed E-state index contributed by atoms with van der Waals surface area (Å²) in [5, 5.41) is 7.62. The van der Waals surface area contributed by atoms with Gasteiger partial charge in [-0.2, -0.15) is 5.10 Å². The van der Waals surface area contributed by atoms with Gasteiger partial charge in [0.05, 0.1) is 6.54 Å². The number of rotatable bonds is 7. The summed E-state index contributed by atoms with van der Waals surface area (Å²) in [4.78, 5) is 4.22. The molecule has 0 fully saturated rings. The molecule has 98 valence electrons. The molecular weight excluding hydrogens is 236 g/mol. The fourth-order valence-electron chi connectivity index (χ4n) is 1.43. The highest BCUT2D eigenvalue weighted by atomic mass is 32.2. The average Bonchev–Trinajstić information content (AvgIpc) is 2.64. The Hall–Kier alpha value is -0.750. The van der Waals surface area contributed by atoms with Gasteiger partial charge >= 0.3 is 0 Å². The third-order valence-electron chi connectivity index (χ3n) is 2.52. The maximum absolute atomic E-state index is 11.2. The number of nitrogens with one attached hydrogen (secondary N) is 1. The van der Waals surface area contributed by atoms with Crippen LogP contribution in [0, 0.1) is 5.92 Å². The number of nitrogens with zero attached hydrogens (tertiary/aromatic N) is 3. The zero-order valence-corrected chi connectivity index (χ0v) is 11.8. The molecule has 0 amide bonds. The second-order valence-corrected chi connectivity index (χ2v) is 6.49. The van der Waals surface area contributed by atoms with Crippen molar-refractivity contribution in [2.45, 2.75) is 39.1 Å². The maximum Gasteiger partial charge on any atom is 0.140 e. The molecule has 5 nitrogen and oxygen atoms in total. The van der Waals surface area contributed by atoms with Crippen molar-refractivity contribution in [2.75, 3.05) is 12.8 Å². The third kappa shape index (κ3) is 4.95. The van der Waals surface area contributed by atoms with Crippen molar-refractivity contribution in [3.05, 3.63) is 12.2 Å². The van der Waals surface area contributed by atoms with Crippen LogP contribution >= 0.6 is 0 Å². The Bertz CT molecular complexity index is 364. The molecule has 1 rings (SSSR count). The second kappa shape index (κ2) is 6.86. The smallest absolute Gasteiger partial charge is 0.140 e. The summed E-state index contributed by atoms with van der Waals surface area (Å²) in [6.07, 6.45) is 3.31. The summed E-state index contributed by atoms with van der Waals surface area (Å²) < 4.78 is 13.1. The molecule has 2 unspecified atom stereocenters. The van der Waals surface area contributed by atoms with Crippen molar-refractivity contribution in [1.29, 1.82) is 0 Å². The molecule has 0 bridgehead atoms. The molecule has 6 heteroatoms. The van der Waals surface area contributed by atoms with Gasteiger partial charge in [-0.3, -0.25) is 4.21 Å². The van der Waals surface area contributed by atoms with Crippen LogP contribution in [0.15, 0.2) is 6.33 Å². The van der Waals surface area contributed by atoms with Gasteiger partial charge < -0.3 is 5.32 Å². The minimum absolute atomic E-state index is 0.163. The maximum atomic E-state index is 11.2. The molecule has 17 heavy (non-hydrogen) atoms. The van der Waals surface area contributed by atoms with Gasteiger partial charge in [-0.05, 0) is 12.8 Å². The van der Waals surface area contributed by atoms with Crippen LogP contribution in [0.2, 0.25) is 0 Å². The summed E-state index contributed by atoms with van der Waals surface area (Å²) in [6.45, 7) is 8.57. The zero-order chi connectivity index (χ0) is 12.8. The highest BCUT2D eigenvalue weighted by Gasteiger charge is 2.08. The summed E-state index contributed by atoms with van der Waals surface area (Å²) in [5.41, 5.74) is 0. The Morgan fingerprint density at radius 1 is 1.47 bits per heavy atom. The monoisotopic (exact) mass is 258 g/mol. The minimum Gasteiger partial charge on any atom is -0.309 e. The van der Waals surface area contributed by atoms with Crippen molar-refractivity contribution >= 4 is 10.8 Å². The molecule has 0 aliphatic heterocycles. The Labute approximate surface area is 105 Å². The molecular formula is C11H22N4OS. The summed E-state index contributed by atoms with van der Waals surface area (Å²) in [7, 11) is -0.778. The van der Waals surface area contributed by atoms with Crippen LogP contribution < -0.4 is 5.32 Å². The molecule has 0 radical (unpaired) electrons. The van der Waals surface area contributed by atoms with E-state index in [0.717, 1.165) is 18.9 Å². The van der Waals surface area contributed by atoms with Gasteiger partial charge in [0.2, 0.25) is 0 Å². The standard InChI is InChI=1S/C11H22N4OS/c1-9(2)7-15-11(13-8-14-15)6-12-5-10(3)17(4)16/h8-10,12H,5-7H2,1-4H3. The first-order chi connectivity index (χ1) is 8.00. The van der Waals surface area contributed by atoms with Gasteiger partial charge in [0, 0.05) is 35.4 Å². The van der Waals surface area contributed by atoms with Crippen LogP contribution in [0.4, 0.5) is 0 Å². The lowest BCUT2D eigenvalue weighted by Crippen LogP contribution is -2.28. The first-order valence-electron chi connectivity index (χ1n) is 5.90. The number of aromatic nitrogens is 3. The average molecular weight is 258 g/mol. The lowest BCUT2D eigenvalue weighted by atomic mass is 10.2. The number of hydrogen-bond acceptors (Lipinski definition) is 4. The molecule has 1 heterocycles. The molecule has 0 aliphatic carbocycles. The normalized spacial score (nSPS) is 15.1.